The maximum atomic E-state index is 12.5. The zero-order valence-corrected chi connectivity index (χ0v) is 23.8. The predicted molar refractivity (Wildman–Crippen MR) is 162 cm³/mol. The van der Waals surface area contributed by atoms with Crippen LogP contribution >= 0.6 is 11.3 Å². The maximum absolute atomic E-state index is 12.5. The monoisotopic (exact) mass is 550 g/mol. The molecular weight excluding hydrogens is 520 g/mol. The molecule has 1 amide bonds. The van der Waals surface area contributed by atoms with Gasteiger partial charge in [-0.2, -0.15) is 0 Å². The van der Waals surface area contributed by atoms with Crippen LogP contribution in [0.1, 0.15) is 49.8 Å². The van der Waals surface area contributed by atoms with E-state index in [1.165, 1.54) is 4.88 Å². The topological polar surface area (TPSA) is 130 Å². The van der Waals surface area contributed by atoms with E-state index in [1.54, 1.807) is 23.7 Å². The largest absolute Gasteiger partial charge is 0.360 e. The van der Waals surface area contributed by atoms with Gasteiger partial charge in [-0.05, 0) is 50.9 Å². The molecule has 0 bridgehead atoms. The van der Waals surface area contributed by atoms with E-state index in [9.17, 15) is 4.79 Å². The fraction of sp³-hybridized carbons (Fsp3) is 0.233. The van der Waals surface area contributed by atoms with Crippen LogP contribution in [-0.2, 0) is 4.79 Å². The molecule has 6 heterocycles. The predicted octanol–water partition coefficient (Wildman–Crippen LogP) is 5.61. The maximum Gasteiger partial charge on any atom is 0.229 e. The van der Waals surface area contributed by atoms with Crippen molar-refractivity contribution in [2.75, 3.05) is 5.32 Å². The molecular formula is C30H30N8OS. The number of carbonyl (C=O) groups excluding carboxylic acids is 1. The number of aliphatic imine (C=N–C) groups is 1. The zero-order valence-electron chi connectivity index (χ0n) is 23.0. The van der Waals surface area contributed by atoms with Crippen LogP contribution in [0.3, 0.4) is 0 Å². The summed E-state index contributed by atoms with van der Waals surface area (Å²) in [4.78, 5) is 36.9. The van der Waals surface area contributed by atoms with Crippen molar-refractivity contribution in [1.82, 2.24) is 30.6 Å². The fourth-order valence-corrected chi connectivity index (χ4v) is 5.49. The Morgan fingerprint density at radius 1 is 1.15 bits per heavy atom. The minimum atomic E-state index is -0.509. The molecule has 9 nitrogen and oxygen atoms in total. The Hall–Kier alpha value is -4.57. The second-order valence-corrected chi connectivity index (χ2v) is 12.3. The molecule has 6 rings (SSSR count). The SMILES string of the molecule is C=N/C=C(\C=C(/C)NC(=O)C(C)(C)C)c1ccc2c(n1)C(c1nc3c(-c4ccc(C)s4)cncc3[nH]1)=C1NC1N2. The molecule has 1 saturated heterocycles. The summed E-state index contributed by atoms with van der Waals surface area (Å²) in [5.74, 6) is 0.663. The van der Waals surface area contributed by atoms with E-state index >= 15 is 0 Å². The van der Waals surface area contributed by atoms with Crippen LogP contribution < -0.4 is 16.0 Å². The molecule has 0 spiro atoms. The molecule has 1 fully saturated rings. The molecule has 202 valence electrons. The number of aryl methyl sites for hydroxylation is 1. The number of anilines is 1. The molecule has 1 atom stereocenters. The first-order valence-electron chi connectivity index (χ1n) is 13.0. The van der Waals surface area contributed by atoms with Gasteiger partial charge in [-0.15, -0.1) is 11.3 Å². The molecule has 4 aromatic heterocycles. The Morgan fingerprint density at radius 3 is 2.70 bits per heavy atom. The number of aromatic nitrogens is 4. The van der Waals surface area contributed by atoms with Crippen molar-refractivity contribution in [1.29, 1.82) is 0 Å². The van der Waals surface area contributed by atoms with E-state index in [0.29, 0.717) is 11.4 Å². The van der Waals surface area contributed by atoms with Crippen molar-refractivity contribution in [3.63, 3.8) is 0 Å². The number of hydrogen-bond donors (Lipinski definition) is 4. The van der Waals surface area contributed by atoms with Gasteiger partial charge in [0.1, 0.15) is 17.5 Å². The molecule has 2 aliphatic rings. The quantitative estimate of drug-likeness (QED) is 0.140. The number of H-pyrrole nitrogens is 1. The van der Waals surface area contributed by atoms with E-state index in [-0.39, 0.29) is 12.1 Å². The number of hydrogen-bond acceptors (Lipinski definition) is 8. The summed E-state index contributed by atoms with van der Waals surface area (Å²) in [5, 5.41) is 9.86. The van der Waals surface area contributed by atoms with Crippen LogP contribution in [0.25, 0.3) is 32.6 Å². The molecule has 0 radical (unpaired) electrons. The number of thiophene rings is 1. The number of nitrogens with one attached hydrogen (secondary N) is 4. The standard InChI is InChI=1S/C30H30N8OS/c1-15(33-29(39)30(3,4)5)11-17(12-31-6)19-8-9-20-25(34-19)23(26-28(35-20)38-26)27-36-21-14-32-13-18(24(21)37-27)22-10-7-16(2)40-22/h7-14,28,35,38H,6H2,1-5H3,(H,33,39)(H,36,37)/b15-11+,17-12+. The lowest BCUT2D eigenvalue weighted by Crippen LogP contribution is -2.33. The second kappa shape index (κ2) is 9.56. The fourth-order valence-electron chi connectivity index (χ4n) is 4.61. The van der Waals surface area contributed by atoms with Crippen LogP contribution in [0.2, 0.25) is 0 Å². The second-order valence-electron chi connectivity index (χ2n) is 11.0. The van der Waals surface area contributed by atoms with E-state index in [0.717, 1.165) is 55.5 Å². The van der Waals surface area contributed by atoms with Crippen LogP contribution in [-0.4, -0.2) is 38.7 Å². The van der Waals surface area contributed by atoms with E-state index in [1.807, 2.05) is 52.1 Å². The summed E-state index contributed by atoms with van der Waals surface area (Å²) in [6, 6.07) is 8.16. The van der Waals surface area contributed by atoms with Crippen molar-refractivity contribution in [3.05, 3.63) is 82.4 Å². The normalized spacial score (nSPS) is 16.7. The highest BCUT2D eigenvalue weighted by molar-refractivity contribution is 7.15. The number of carbonyl (C=O) groups is 1. The van der Waals surface area contributed by atoms with Gasteiger partial charge in [0.2, 0.25) is 5.91 Å². The summed E-state index contributed by atoms with van der Waals surface area (Å²) < 4.78 is 0. The van der Waals surface area contributed by atoms with Crippen LogP contribution in [0.15, 0.2) is 65.3 Å². The summed E-state index contributed by atoms with van der Waals surface area (Å²) in [7, 11) is 0. The Balaban J connectivity index is 1.41. The number of rotatable bonds is 6. The molecule has 0 saturated carbocycles. The minimum Gasteiger partial charge on any atom is -0.360 e. The van der Waals surface area contributed by atoms with E-state index < -0.39 is 5.41 Å². The van der Waals surface area contributed by atoms with Crippen molar-refractivity contribution in [2.45, 2.75) is 40.8 Å². The Labute approximate surface area is 236 Å². The third-order valence-corrected chi connectivity index (χ3v) is 7.77. The van der Waals surface area contributed by atoms with Gasteiger partial charge in [-0.3, -0.25) is 14.8 Å². The summed E-state index contributed by atoms with van der Waals surface area (Å²) in [5.41, 5.74) is 7.97. The van der Waals surface area contributed by atoms with Gasteiger partial charge in [0.05, 0.1) is 40.1 Å². The van der Waals surface area contributed by atoms with E-state index in [4.69, 9.17) is 9.97 Å². The number of allylic oxidation sites excluding steroid dienone is 3. The first-order chi connectivity index (χ1) is 19.1. The Kier molecular flexibility index (Phi) is 6.14. The third-order valence-electron chi connectivity index (χ3n) is 6.73. The average Bonchev–Trinajstić information content (AvgIpc) is 3.32. The Morgan fingerprint density at radius 2 is 1.98 bits per heavy atom. The van der Waals surface area contributed by atoms with Gasteiger partial charge >= 0.3 is 0 Å². The molecule has 0 aromatic carbocycles. The zero-order chi connectivity index (χ0) is 28.2. The lowest BCUT2D eigenvalue weighted by atomic mass is 9.95. The number of nitrogens with zero attached hydrogens (tertiary/aromatic N) is 4. The highest BCUT2D eigenvalue weighted by atomic mass is 32.1. The number of amides is 1. The van der Waals surface area contributed by atoms with Crippen LogP contribution in [0.4, 0.5) is 5.69 Å². The summed E-state index contributed by atoms with van der Waals surface area (Å²) >= 11 is 1.72. The van der Waals surface area contributed by atoms with Crippen molar-refractivity contribution in [3.8, 4) is 10.4 Å². The number of pyridine rings is 2. The number of imidazole rings is 1. The molecule has 1 unspecified atom stereocenters. The Bertz CT molecular complexity index is 1780. The first kappa shape index (κ1) is 25.7. The van der Waals surface area contributed by atoms with E-state index in [2.05, 4.69) is 56.7 Å². The van der Waals surface area contributed by atoms with Crippen molar-refractivity contribution in [2.24, 2.45) is 10.4 Å². The van der Waals surface area contributed by atoms with Gasteiger partial charge in [0.25, 0.3) is 0 Å². The molecule has 4 aromatic rings. The minimum absolute atomic E-state index is 0.0421. The van der Waals surface area contributed by atoms with Gasteiger partial charge < -0.3 is 20.9 Å². The number of aromatic amines is 1. The molecule has 2 aliphatic heterocycles. The molecule has 10 heteroatoms. The highest BCUT2D eigenvalue weighted by Gasteiger charge is 2.40. The lowest BCUT2D eigenvalue weighted by Gasteiger charge is -2.18. The number of fused-ring (bicyclic) bond motifs is 3. The lowest BCUT2D eigenvalue weighted by molar-refractivity contribution is -0.127. The third kappa shape index (κ3) is 4.71. The van der Waals surface area contributed by atoms with Gasteiger partial charge in [0, 0.05) is 44.4 Å². The van der Waals surface area contributed by atoms with Gasteiger partial charge in [-0.1, -0.05) is 20.8 Å². The highest BCUT2D eigenvalue weighted by Crippen LogP contribution is 2.42. The summed E-state index contributed by atoms with van der Waals surface area (Å²) in [6.07, 6.45) is 7.22. The first-order valence-corrected chi connectivity index (χ1v) is 13.8. The van der Waals surface area contributed by atoms with Gasteiger partial charge in [-0.25, -0.2) is 9.97 Å². The van der Waals surface area contributed by atoms with Crippen LogP contribution in [0.5, 0.6) is 0 Å². The molecule has 40 heavy (non-hydrogen) atoms. The smallest absolute Gasteiger partial charge is 0.229 e. The van der Waals surface area contributed by atoms with Crippen molar-refractivity contribution < 1.29 is 4.79 Å². The van der Waals surface area contributed by atoms with Crippen molar-refractivity contribution >= 4 is 51.8 Å². The summed E-state index contributed by atoms with van der Waals surface area (Å²) in [6.45, 7) is 13.2. The van der Waals surface area contributed by atoms with Gasteiger partial charge in [0.15, 0.2) is 0 Å². The average molecular weight is 551 g/mol. The van der Waals surface area contributed by atoms with Crippen LogP contribution in [0, 0.1) is 12.3 Å². The molecule has 0 aliphatic carbocycles. The molecule has 4 N–H and O–H groups in total.